The van der Waals surface area contributed by atoms with Gasteiger partial charge in [-0.25, -0.2) is 4.98 Å². The molecule has 0 saturated carbocycles. The number of carbonyl (C=O) groups excluding carboxylic acids is 1. The molecule has 7 nitrogen and oxygen atoms in total. The first-order valence-electron chi connectivity index (χ1n) is 13.4. The Balaban J connectivity index is 1.31. The van der Waals surface area contributed by atoms with Gasteiger partial charge in [-0.2, -0.15) is 5.10 Å². The van der Waals surface area contributed by atoms with Gasteiger partial charge in [0.05, 0.1) is 12.6 Å². The van der Waals surface area contributed by atoms with Gasteiger partial charge in [0.1, 0.15) is 5.82 Å². The van der Waals surface area contributed by atoms with Gasteiger partial charge < -0.3 is 9.80 Å². The van der Waals surface area contributed by atoms with Crippen molar-refractivity contribution in [3.8, 4) is 11.1 Å². The van der Waals surface area contributed by atoms with Crippen molar-refractivity contribution in [3.63, 3.8) is 0 Å². The zero-order chi connectivity index (χ0) is 27.1. The summed E-state index contributed by atoms with van der Waals surface area (Å²) in [4.78, 5) is 25.9. The molecule has 0 atom stereocenters. The van der Waals surface area contributed by atoms with Crippen LogP contribution in [0.1, 0.15) is 29.8 Å². The van der Waals surface area contributed by atoms with Gasteiger partial charge in [0.2, 0.25) is 0 Å². The van der Waals surface area contributed by atoms with Gasteiger partial charge in [-0.15, -0.1) is 0 Å². The molecule has 0 aliphatic carbocycles. The highest BCUT2D eigenvalue weighted by Gasteiger charge is 2.18. The zero-order valence-corrected chi connectivity index (χ0v) is 18.4. The lowest BCUT2D eigenvalue weighted by molar-refractivity contribution is 0.0992. The molecule has 1 fully saturated rings. The molecule has 7 heteroatoms. The van der Waals surface area contributed by atoms with Gasteiger partial charge in [-0.1, -0.05) is 19.1 Å². The van der Waals surface area contributed by atoms with Crippen molar-refractivity contribution >= 4 is 22.4 Å². The number of anilines is 1. The van der Waals surface area contributed by atoms with Crippen LogP contribution in [-0.2, 0) is 13.4 Å². The summed E-state index contributed by atoms with van der Waals surface area (Å²) in [5, 5.41) is 5.77. The highest BCUT2D eigenvalue weighted by Crippen LogP contribution is 2.25. The number of nitrogens with zero attached hydrogens (tertiary/aromatic N) is 6. The molecule has 0 radical (unpaired) electrons. The highest BCUT2D eigenvalue weighted by atomic mass is 16.1. The molecule has 3 aromatic heterocycles. The standard InChI is InChI=1S/C26H28N6O/c1-3-31-8-10-32(11-9-31)26-14-20(6-7-27-26)25(33)15-24-13-22-12-19(4-5-21(22)16-28-24)23-17-29-30(2)18-23/h4-7,12-14,16-18H,3,8-11,15H2,1-2H3/i2D3,3D2. The van der Waals surface area contributed by atoms with E-state index in [1.165, 1.54) is 12.4 Å². The maximum absolute atomic E-state index is 13.1. The van der Waals surface area contributed by atoms with Gasteiger partial charge in [-0.05, 0) is 41.7 Å². The second kappa shape index (κ2) is 9.11. The fraction of sp³-hybridized carbons (Fsp3) is 0.308. The zero-order valence-electron chi connectivity index (χ0n) is 23.4. The Morgan fingerprint density at radius 1 is 1.03 bits per heavy atom. The van der Waals surface area contributed by atoms with Crippen molar-refractivity contribution in [2.75, 3.05) is 37.6 Å². The number of aryl methyl sites for hydroxylation is 1. The Morgan fingerprint density at radius 3 is 2.70 bits per heavy atom. The second-order valence-electron chi connectivity index (χ2n) is 8.11. The van der Waals surface area contributed by atoms with Gasteiger partial charge in [-0.3, -0.25) is 14.5 Å². The topological polar surface area (TPSA) is 67.2 Å². The fourth-order valence-corrected chi connectivity index (χ4v) is 4.13. The van der Waals surface area contributed by atoms with Crippen LogP contribution in [0.4, 0.5) is 5.82 Å². The van der Waals surface area contributed by atoms with E-state index >= 15 is 0 Å². The maximum atomic E-state index is 13.1. The van der Waals surface area contributed by atoms with Crippen molar-refractivity contribution in [2.24, 2.45) is 6.98 Å². The number of hydrogen-bond acceptors (Lipinski definition) is 6. The van der Waals surface area contributed by atoms with Crippen molar-refractivity contribution < 1.29 is 11.6 Å². The molecule has 33 heavy (non-hydrogen) atoms. The number of carbonyl (C=O) groups is 1. The minimum absolute atomic E-state index is 0.0702. The molecule has 1 aromatic carbocycles. The van der Waals surface area contributed by atoms with Crippen LogP contribution in [0, 0.1) is 0 Å². The molecule has 168 valence electrons. The Labute approximate surface area is 200 Å². The van der Waals surface area contributed by atoms with Crippen LogP contribution in [-0.4, -0.2) is 63.1 Å². The summed E-state index contributed by atoms with van der Waals surface area (Å²) in [5.74, 6) is 0.639. The molecule has 0 amide bonds. The van der Waals surface area contributed by atoms with E-state index in [-0.39, 0.29) is 12.2 Å². The SMILES string of the molecule is [2H]C([2H])(C)N1CCN(c2cc(C(=O)Cc3cc4cc(-c5cnn(C([2H])([2H])[2H])c5)ccc4cn3)ccn2)CC1. The average Bonchev–Trinajstić information content (AvgIpc) is 3.39. The molecule has 0 bridgehead atoms. The smallest absolute Gasteiger partial charge is 0.169 e. The third kappa shape index (κ3) is 4.64. The van der Waals surface area contributed by atoms with Gasteiger partial charge in [0.25, 0.3) is 0 Å². The molecule has 0 N–H and O–H groups in total. The van der Waals surface area contributed by atoms with Gasteiger partial charge >= 0.3 is 0 Å². The van der Waals surface area contributed by atoms with Crippen LogP contribution in [0.15, 0.2) is 61.2 Å². The normalized spacial score (nSPS) is 17.7. The van der Waals surface area contributed by atoms with E-state index in [0.717, 1.165) is 21.0 Å². The second-order valence-corrected chi connectivity index (χ2v) is 8.11. The predicted molar refractivity (Wildman–Crippen MR) is 131 cm³/mol. The molecular weight excluding hydrogens is 412 g/mol. The van der Waals surface area contributed by atoms with E-state index in [0.29, 0.717) is 48.8 Å². The Kier molecular flexibility index (Phi) is 4.45. The number of aromatic nitrogens is 4. The van der Waals surface area contributed by atoms with E-state index in [9.17, 15) is 4.79 Å². The van der Waals surface area contributed by atoms with E-state index < -0.39 is 13.5 Å². The van der Waals surface area contributed by atoms with E-state index in [4.69, 9.17) is 6.85 Å². The van der Waals surface area contributed by atoms with Crippen LogP contribution in [0.2, 0.25) is 0 Å². The summed E-state index contributed by atoms with van der Waals surface area (Å²) in [6.07, 6.45) is 6.52. The molecule has 4 heterocycles. The summed E-state index contributed by atoms with van der Waals surface area (Å²) in [5.41, 5.74) is 2.70. The number of ketones is 1. The van der Waals surface area contributed by atoms with Crippen molar-refractivity contribution in [1.29, 1.82) is 0 Å². The minimum Gasteiger partial charge on any atom is -0.354 e. The summed E-state index contributed by atoms with van der Waals surface area (Å²) in [7, 11) is 0. The first kappa shape index (κ1) is 16.1. The number of fused-ring (bicyclic) bond motifs is 1. The van der Waals surface area contributed by atoms with Crippen molar-refractivity contribution in [1.82, 2.24) is 24.6 Å². The Hall–Kier alpha value is -3.58. The molecule has 1 aliphatic rings. The van der Waals surface area contributed by atoms with Crippen LogP contribution in [0.3, 0.4) is 0 Å². The third-order valence-corrected chi connectivity index (χ3v) is 6.02. The highest BCUT2D eigenvalue weighted by molar-refractivity contribution is 5.98. The maximum Gasteiger partial charge on any atom is 0.169 e. The van der Waals surface area contributed by atoms with Crippen LogP contribution < -0.4 is 4.90 Å². The monoisotopic (exact) mass is 445 g/mol. The van der Waals surface area contributed by atoms with Crippen LogP contribution >= 0.6 is 0 Å². The lowest BCUT2D eigenvalue weighted by Crippen LogP contribution is -2.46. The quantitative estimate of drug-likeness (QED) is 0.423. The largest absolute Gasteiger partial charge is 0.354 e. The van der Waals surface area contributed by atoms with E-state index in [2.05, 4.69) is 20.0 Å². The molecule has 1 aliphatic heterocycles. The number of likely N-dealkylation sites (N-methyl/N-ethyl adjacent to an activating group) is 1. The molecule has 1 saturated heterocycles. The Morgan fingerprint density at radius 2 is 1.91 bits per heavy atom. The lowest BCUT2D eigenvalue weighted by atomic mass is 10.0. The van der Waals surface area contributed by atoms with Crippen LogP contribution in [0.5, 0.6) is 0 Å². The summed E-state index contributed by atoms with van der Waals surface area (Å²) >= 11 is 0. The van der Waals surface area contributed by atoms with Gasteiger partial charge in [0, 0.05) is 80.8 Å². The number of hydrogen-bond donors (Lipinski definition) is 0. The molecule has 5 rings (SSSR count). The number of benzene rings is 1. The Bertz CT molecular complexity index is 1470. The summed E-state index contributed by atoms with van der Waals surface area (Å²) in [6.45, 7) is 0.321. The first-order chi connectivity index (χ1) is 18.0. The summed E-state index contributed by atoms with van der Waals surface area (Å²) < 4.78 is 39.3. The molecule has 0 spiro atoms. The lowest BCUT2D eigenvalue weighted by Gasteiger charge is -2.34. The van der Waals surface area contributed by atoms with E-state index in [1.54, 1.807) is 36.4 Å². The van der Waals surface area contributed by atoms with Crippen molar-refractivity contribution in [3.05, 3.63) is 72.4 Å². The number of pyridine rings is 2. The molecule has 4 aromatic rings. The first-order valence-corrected chi connectivity index (χ1v) is 10.9. The predicted octanol–water partition coefficient (Wildman–Crippen LogP) is 3.60. The van der Waals surface area contributed by atoms with E-state index in [1.807, 2.05) is 24.3 Å². The van der Waals surface area contributed by atoms with Crippen molar-refractivity contribution in [2.45, 2.75) is 13.3 Å². The molecular formula is C26H28N6O. The fourth-order valence-electron chi connectivity index (χ4n) is 4.13. The third-order valence-electron chi connectivity index (χ3n) is 6.02. The van der Waals surface area contributed by atoms with Crippen LogP contribution in [0.25, 0.3) is 21.9 Å². The summed E-state index contributed by atoms with van der Waals surface area (Å²) in [6, 6.07) is 11.1. The number of piperazine rings is 1. The molecule has 0 unspecified atom stereocenters. The average molecular weight is 446 g/mol. The number of rotatable bonds is 6. The van der Waals surface area contributed by atoms with Gasteiger partial charge in [0.15, 0.2) is 5.78 Å². The number of Topliss-reactive ketones (excluding diaryl/α,β-unsaturated/α-hetero) is 1. The minimum atomic E-state index is -2.33.